The number of isocyanates is 3. The van der Waals surface area contributed by atoms with Crippen molar-refractivity contribution in [3.8, 4) is 0 Å². The van der Waals surface area contributed by atoms with Gasteiger partial charge in [0.2, 0.25) is 18.2 Å². The van der Waals surface area contributed by atoms with Gasteiger partial charge in [0.15, 0.2) is 0 Å². The van der Waals surface area contributed by atoms with E-state index < -0.39 is 51.8 Å². The number of rotatable bonds is 9. The maximum absolute atomic E-state index is 14.8. The van der Waals surface area contributed by atoms with E-state index in [0.29, 0.717) is 77.0 Å². The molecule has 1 aromatic rings. The largest absolute Gasteiger partial charge is 0.337 e. The minimum absolute atomic E-state index is 0.320. The molecule has 0 amide bonds. The van der Waals surface area contributed by atoms with Crippen LogP contribution in [0.4, 0.5) is 0 Å². The highest BCUT2D eigenvalue weighted by atomic mass is 16.2. The highest BCUT2D eigenvalue weighted by Gasteiger charge is 2.52. The van der Waals surface area contributed by atoms with Crippen LogP contribution in [0.2, 0.25) is 0 Å². The number of carbonyl (C=O) groups excluding carboxylic acids is 3. The smallest absolute Gasteiger partial charge is 0.247 e. The number of aromatic nitrogens is 3. The molecule has 4 rings (SSSR count). The Balaban J connectivity index is 2.24. The van der Waals surface area contributed by atoms with E-state index in [4.69, 9.17) is 0 Å². The van der Waals surface area contributed by atoms with Crippen molar-refractivity contribution in [2.45, 2.75) is 152 Å². The van der Waals surface area contributed by atoms with Gasteiger partial charge in [0.25, 0.3) is 0 Å². The van der Waals surface area contributed by atoms with Gasteiger partial charge in [0.05, 0.1) is 34.7 Å². The minimum Gasteiger partial charge on any atom is -0.247 e. The van der Waals surface area contributed by atoms with Crippen molar-refractivity contribution in [2.24, 2.45) is 15.0 Å². The normalized spacial score (nSPS) is 33.1. The van der Waals surface area contributed by atoms with Gasteiger partial charge in [-0.15, -0.1) is 0 Å². The summed E-state index contributed by atoms with van der Waals surface area (Å²) in [6, 6.07) is -2.04. The van der Waals surface area contributed by atoms with E-state index >= 15 is 0 Å². The van der Waals surface area contributed by atoms with Crippen molar-refractivity contribution < 1.29 is 14.4 Å². The average Bonchev–Trinajstić information content (AvgIpc) is 3.00. The van der Waals surface area contributed by atoms with Crippen LogP contribution in [0.15, 0.2) is 29.4 Å². The highest BCUT2D eigenvalue weighted by molar-refractivity contribution is 5.35. The molecule has 3 saturated carbocycles. The van der Waals surface area contributed by atoms with Gasteiger partial charge in [-0.05, 0) is 57.8 Å². The molecule has 0 aliphatic heterocycles. The van der Waals surface area contributed by atoms with Gasteiger partial charge in [0, 0.05) is 0 Å². The summed E-state index contributed by atoms with van der Waals surface area (Å²) in [4.78, 5) is 91.5. The third-order valence-electron chi connectivity index (χ3n) is 10.8. The lowest BCUT2D eigenvalue weighted by Crippen LogP contribution is -2.71. The van der Waals surface area contributed by atoms with Gasteiger partial charge in [-0.3, -0.25) is 0 Å². The lowest BCUT2D eigenvalue weighted by Gasteiger charge is -2.47. The molecule has 0 saturated heterocycles. The molecular formula is C30H42N6O6. The second kappa shape index (κ2) is 12.8. The summed E-state index contributed by atoms with van der Waals surface area (Å²) < 4.78 is 3.54. The van der Waals surface area contributed by atoms with E-state index in [2.05, 4.69) is 15.0 Å². The summed E-state index contributed by atoms with van der Waals surface area (Å²) in [7, 11) is 0. The molecule has 0 radical (unpaired) electrons. The van der Waals surface area contributed by atoms with Crippen LogP contribution in [0.3, 0.4) is 0 Å². The summed E-state index contributed by atoms with van der Waals surface area (Å²) in [5, 5.41) is 0. The van der Waals surface area contributed by atoms with Crippen LogP contribution in [-0.2, 0) is 31.0 Å². The Labute approximate surface area is 244 Å². The van der Waals surface area contributed by atoms with Crippen molar-refractivity contribution in [2.75, 3.05) is 0 Å². The van der Waals surface area contributed by atoms with Crippen molar-refractivity contribution in [3.63, 3.8) is 0 Å². The van der Waals surface area contributed by atoms with E-state index in [9.17, 15) is 28.8 Å². The van der Waals surface area contributed by atoms with Crippen molar-refractivity contribution in [1.82, 2.24) is 13.7 Å². The third-order valence-corrected chi connectivity index (χ3v) is 10.8. The monoisotopic (exact) mass is 582 g/mol. The van der Waals surface area contributed by atoms with E-state index in [1.165, 1.54) is 13.7 Å². The van der Waals surface area contributed by atoms with E-state index in [1.807, 2.05) is 20.8 Å². The Morgan fingerprint density at radius 2 is 0.810 bits per heavy atom. The molecule has 0 aromatic carbocycles. The van der Waals surface area contributed by atoms with Crippen molar-refractivity contribution >= 4 is 18.2 Å². The molecule has 1 aromatic heterocycles. The fourth-order valence-electron chi connectivity index (χ4n) is 8.54. The number of aliphatic imine (C=N–C) groups is 3. The Morgan fingerprint density at radius 3 is 1.02 bits per heavy atom. The molecule has 12 nitrogen and oxygen atoms in total. The quantitative estimate of drug-likeness (QED) is 0.321. The van der Waals surface area contributed by atoms with E-state index in [0.717, 1.165) is 19.3 Å². The third kappa shape index (κ3) is 4.76. The van der Waals surface area contributed by atoms with Crippen LogP contribution in [0.1, 0.15) is 117 Å². The minimum atomic E-state index is -1.17. The second-order valence-corrected chi connectivity index (χ2v) is 12.2. The van der Waals surface area contributed by atoms with Crippen LogP contribution in [0.5, 0.6) is 0 Å². The van der Waals surface area contributed by atoms with Gasteiger partial charge >= 0.3 is 17.1 Å². The molecule has 3 aliphatic rings. The fourth-order valence-corrected chi connectivity index (χ4v) is 8.54. The number of nitrogens with zero attached hydrogens (tertiary/aromatic N) is 6. The van der Waals surface area contributed by atoms with Crippen LogP contribution in [0, 0.1) is 0 Å². The molecule has 0 spiro atoms. The Kier molecular flexibility index (Phi) is 9.61. The SMILES string of the molecule is CCC1(n2c(=O)n(C3(CC)CCCCC3N=C=O)c(=O)n(C3(CC)CCCCC3N=C=O)c2=O)CCCCC1N=C=O. The van der Waals surface area contributed by atoms with Crippen LogP contribution >= 0.6 is 0 Å². The first-order valence-electron chi connectivity index (χ1n) is 15.5. The summed E-state index contributed by atoms with van der Waals surface area (Å²) in [5.41, 5.74) is -5.82. The molecule has 6 unspecified atom stereocenters. The predicted octanol–water partition coefficient (Wildman–Crippen LogP) is 3.32. The lowest BCUT2D eigenvalue weighted by atomic mass is 9.74. The Hall–Kier alpha value is -3.45. The number of hydrogen-bond acceptors (Lipinski definition) is 9. The van der Waals surface area contributed by atoms with E-state index in [-0.39, 0.29) is 0 Å². The topological polar surface area (TPSA) is 154 Å². The molecule has 228 valence electrons. The Bertz CT molecular complexity index is 1290. The van der Waals surface area contributed by atoms with Gasteiger partial charge in [-0.2, -0.15) is 0 Å². The zero-order valence-corrected chi connectivity index (χ0v) is 25.0. The van der Waals surface area contributed by atoms with E-state index in [1.54, 1.807) is 18.2 Å². The zero-order chi connectivity index (χ0) is 30.5. The molecule has 0 bridgehead atoms. The molecule has 1 heterocycles. The molecule has 0 N–H and O–H groups in total. The Morgan fingerprint density at radius 1 is 0.548 bits per heavy atom. The maximum Gasteiger partial charge on any atom is 0.337 e. The maximum atomic E-state index is 14.8. The van der Waals surface area contributed by atoms with Crippen LogP contribution < -0.4 is 17.1 Å². The van der Waals surface area contributed by atoms with Crippen molar-refractivity contribution in [3.05, 3.63) is 31.5 Å². The first kappa shape index (κ1) is 31.5. The predicted molar refractivity (Wildman–Crippen MR) is 155 cm³/mol. The summed E-state index contributed by atoms with van der Waals surface area (Å²) in [6.45, 7) is 5.57. The first-order chi connectivity index (χ1) is 20.3. The first-order valence-corrected chi connectivity index (χ1v) is 15.5. The molecular weight excluding hydrogens is 540 g/mol. The van der Waals surface area contributed by atoms with Gasteiger partial charge in [0.1, 0.15) is 0 Å². The van der Waals surface area contributed by atoms with Crippen LogP contribution in [-0.4, -0.2) is 50.1 Å². The molecule has 3 aliphatic carbocycles. The highest BCUT2D eigenvalue weighted by Crippen LogP contribution is 2.42. The van der Waals surface area contributed by atoms with Crippen LogP contribution in [0.25, 0.3) is 0 Å². The van der Waals surface area contributed by atoms with Gasteiger partial charge in [-0.25, -0.2) is 57.4 Å². The van der Waals surface area contributed by atoms with Crippen molar-refractivity contribution in [1.29, 1.82) is 0 Å². The second-order valence-electron chi connectivity index (χ2n) is 12.2. The summed E-state index contributed by atoms with van der Waals surface area (Å²) in [6.07, 6.45) is 13.0. The average molecular weight is 583 g/mol. The van der Waals surface area contributed by atoms with Gasteiger partial charge < -0.3 is 0 Å². The molecule has 3 fully saturated rings. The molecule has 12 heteroatoms. The molecule has 6 atom stereocenters. The lowest BCUT2D eigenvalue weighted by molar-refractivity contribution is 0.0740. The molecule has 42 heavy (non-hydrogen) atoms. The number of hydrogen-bond donors (Lipinski definition) is 0. The summed E-state index contributed by atoms with van der Waals surface area (Å²) in [5.74, 6) is 0. The summed E-state index contributed by atoms with van der Waals surface area (Å²) >= 11 is 0. The fraction of sp³-hybridized carbons (Fsp3) is 0.800. The standard InChI is InChI=1S/C30H42N6O6/c1-4-28(16-10-7-13-22(28)31-19-37)34-25(40)35(29(5-2)17-11-8-14-23(29)32-20-38)27(42)36(26(34)41)30(6-3)18-12-9-15-24(30)33-21-39/h22-24H,4-18H2,1-3H3. The van der Waals surface area contributed by atoms with Gasteiger partial charge in [-0.1, -0.05) is 59.3 Å². The zero-order valence-electron chi connectivity index (χ0n) is 25.0.